The Labute approximate surface area is 433 Å². The number of carboxylic acids is 1. The minimum Gasteiger partial charge on any atom is -0.545 e. The molecule has 0 amide bonds. The van der Waals surface area contributed by atoms with Crippen LogP contribution in [-0.4, -0.2) is 82.3 Å². The van der Waals surface area contributed by atoms with Gasteiger partial charge in [-0.3, -0.25) is 9.59 Å². The molecule has 0 saturated heterocycles. The molecule has 0 aromatic heterocycles. The minimum atomic E-state index is -1.62. The molecule has 0 spiro atoms. The van der Waals surface area contributed by atoms with Crippen LogP contribution in [0.15, 0.2) is 24.3 Å². The molecule has 2 atom stereocenters. The van der Waals surface area contributed by atoms with Crippen molar-refractivity contribution in [3.63, 3.8) is 0 Å². The number of carbonyl (C=O) groups is 3. The van der Waals surface area contributed by atoms with Crippen molar-refractivity contribution in [1.29, 1.82) is 0 Å². The van der Waals surface area contributed by atoms with Crippen LogP contribution in [0.3, 0.4) is 0 Å². The molecule has 70 heavy (non-hydrogen) atoms. The number of unbranched alkanes of at least 4 members (excludes halogenated alkanes) is 37. The van der Waals surface area contributed by atoms with E-state index in [1.165, 1.54) is 199 Å². The van der Waals surface area contributed by atoms with Crippen molar-refractivity contribution < 1.29 is 42.9 Å². The Hall–Kier alpha value is -2.23. The van der Waals surface area contributed by atoms with E-state index < -0.39 is 24.3 Å². The molecular weight excluding hydrogens is 875 g/mol. The van der Waals surface area contributed by atoms with E-state index in [1.807, 2.05) is 21.1 Å². The van der Waals surface area contributed by atoms with Crippen LogP contribution in [0.2, 0.25) is 0 Å². The summed E-state index contributed by atoms with van der Waals surface area (Å²) in [5.41, 5.74) is 0. The van der Waals surface area contributed by atoms with Gasteiger partial charge in [-0.15, -0.1) is 0 Å². The number of rotatable bonds is 56. The number of likely N-dealkylation sites (N-methyl/N-ethyl adjacent to an activating group) is 1. The van der Waals surface area contributed by atoms with E-state index in [1.54, 1.807) is 0 Å². The summed E-state index contributed by atoms with van der Waals surface area (Å²) >= 11 is 0. The number of nitrogens with zero attached hydrogens (tertiary/aromatic N) is 1. The zero-order chi connectivity index (χ0) is 51.3. The van der Waals surface area contributed by atoms with Gasteiger partial charge < -0.3 is 33.3 Å². The molecule has 0 saturated carbocycles. The lowest BCUT2D eigenvalue weighted by Gasteiger charge is -2.26. The third-order valence-corrected chi connectivity index (χ3v) is 13.5. The van der Waals surface area contributed by atoms with Gasteiger partial charge in [0.05, 0.1) is 40.3 Å². The number of quaternary nitrogens is 1. The standard InChI is InChI=1S/C61H115NO8/c1-6-8-10-12-14-16-18-20-22-24-25-26-27-28-29-30-31-32-33-34-35-36-38-39-41-43-45-47-49-51-58(63)68-55-57(56-69-61(60(65)66)67-54-53-62(3,4)5)70-59(64)52-50-48-46-44-42-40-37-23-21-19-17-15-13-11-9-7-2/h17,19,23,37,57,61H,6-16,18,20-22,24-36,38-56H2,1-5H3/b19-17-,37-23-. The van der Waals surface area contributed by atoms with Crippen molar-refractivity contribution in [1.82, 2.24) is 0 Å². The second-order valence-corrected chi connectivity index (χ2v) is 21.6. The highest BCUT2D eigenvalue weighted by molar-refractivity contribution is 5.70. The van der Waals surface area contributed by atoms with Crippen LogP contribution in [0.4, 0.5) is 0 Å². The van der Waals surface area contributed by atoms with Crippen molar-refractivity contribution in [3.05, 3.63) is 24.3 Å². The van der Waals surface area contributed by atoms with E-state index >= 15 is 0 Å². The Bertz CT molecular complexity index is 1200. The quantitative estimate of drug-likeness (QED) is 0.0195. The van der Waals surface area contributed by atoms with E-state index in [9.17, 15) is 19.5 Å². The second-order valence-electron chi connectivity index (χ2n) is 21.6. The van der Waals surface area contributed by atoms with Crippen LogP contribution in [-0.2, 0) is 33.3 Å². The number of carboxylic acid groups (broad SMARTS) is 1. The number of carbonyl (C=O) groups excluding carboxylic acids is 3. The third-order valence-electron chi connectivity index (χ3n) is 13.5. The summed E-state index contributed by atoms with van der Waals surface area (Å²) in [6.45, 7) is 4.76. The van der Waals surface area contributed by atoms with E-state index in [4.69, 9.17) is 18.9 Å². The molecule has 2 unspecified atom stereocenters. The van der Waals surface area contributed by atoms with Gasteiger partial charge in [-0.25, -0.2) is 0 Å². The van der Waals surface area contributed by atoms with Crippen molar-refractivity contribution in [2.45, 2.75) is 302 Å². The summed E-state index contributed by atoms with van der Waals surface area (Å²) < 4.78 is 22.7. The first-order valence-electron chi connectivity index (χ1n) is 30.0. The average Bonchev–Trinajstić information content (AvgIpc) is 3.33. The second kappa shape index (κ2) is 53.1. The zero-order valence-electron chi connectivity index (χ0n) is 46.9. The normalized spacial score (nSPS) is 12.9. The van der Waals surface area contributed by atoms with Gasteiger partial charge in [-0.1, -0.05) is 256 Å². The fourth-order valence-corrected chi connectivity index (χ4v) is 8.80. The smallest absolute Gasteiger partial charge is 0.306 e. The SMILES string of the molecule is CCCCCC/C=C\C/C=C\CCCCCCCC(=O)OC(COC(=O)CCCCCCCCCCCCCCCCCCCCCCCCCCCCCCC)COC(OCC[N+](C)(C)C)C(=O)[O-]. The monoisotopic (exact) mass is 990 g/mol. The van der Waals surface area contributed by atoms with Gasteiger partial charge in [0.1, 0.15) is 13.2 Å². The summed E-state index contributed by atoms with van der Waals surface area (Å²) in [7, 11) is 5.92. The van der Waals surface area contributed by atoms with E-state index in [0.29, 0.717) is 23.9 Å². The van der Waals surface area contributed by atoms with Crippen LogP contribution in [0.5, 0.6) is 0 Å². The molecule has 0 aliphatic heterocycles. The summed E-state index contributed by atoms with van der Waals surface area (Å²) in [6, 6.07) is 0. The molecule has 9 nitrogen and oxygen atoms in total. The van der Waals surface area contributed by atoms with Crippen LogP contribution in [0.1, 0.15) is 290 Å². The lowest BCUT2D eigenvalue weighted by Crippen LogP contribution is -2.44. The van der Waals surface area contributed by atoms with E-state index in [-0.39, 0.29) is 32.2 Å². The molecule has 0 aliphatic rings. The van der Waals surface area contributed by atoms with Gasteiger partial charge in [-0.05, 0) is 44.9 Å². The first-order chi connectivity index (χ1) is 34.1. The molecule has 9 heteroatoms. The Kier molecular flexibility index (Phi) is 51.4. The Morgan fingerprint density at radius 3 is 1.14 bits per heavy atom. The third kappa shape index (κ3) is 53.6. The predicted octanol–water partition coefficient (Wildman–Crippen LogP) is 16.2. The maximum Gasteiger partial charge on any atom is 0.306 e. The van der Waals surface area contributed by atoms with Gasteiger partial charge in [0.25, 0.3) is 0 Å². The van der Waals surface area contributed by atoms with Gasteiger partial charge in [-0.2, -0.15) is 0 Å². The number of hydrogen-bond donors (Lipinski definition) is 0. The lowest BCUT2D eigenvalue weighted by molar-refractivity contribution is -0.870. The van der Waals surface area contributed by atoms with E-state index in [0.717, 1.165) is 57.8 Å². The fourth-order valence-electron chi connectivity index (χ4n) is 8.80. The topological polar surface area (TPSA) is 111 Å². The number of aliphatic carboxylic acids is 1. The molecule has 0 rings (SSSR count). The van der Waals surface area contributed by atoms with Crippen molar-refractivity contribution >= 4 is 17.9 Å². The first kappa shape index (κ1) is 67.8. The van der Waals surface area contributed by atoms with Gasteiger partial charge in [0.15, 0.2) is 12.4 Å². The molecule has 0 radical (unpaired) electrons. The Balaban J connectivity index is 4.11. The van der Waals surface area contributed by atoms with Crippen LogP contribution in [0.25, 0.3) is 0 Å². The molecule has 0 heterocycles. The van der Waals surface area contributed by atoms with Crippen molar-refractivity contribution in [2.75, 3.05) is 47.5 Å². The van der Waals surface area contributed by atoms with Gasteiger partial charge in [0.2, 0.25) is 0 Å². The summed E-state index contributed by atoms with van der Waals surface area (Å²) in [6.07, 6.45) is 59.6. The van der Waals surface area contributed by atoms with Gasteiger partial charge >= 0.3 is 11.9 Å². The molecule has 0 bridgehead atoms. The fraction of sp³-hybridized carbons (Fsp3) is 0.885. The summed E-state index contributed by atoms with van der Waals surface area (Å²) in [5.74, 6) is -2.28. The van der Waals surface area contributed by atoms with Crippen LogP contribution in [0, 0.1) is 0 Å². The van der Waals surface area contributed by atoms with Crippen LogP contribution < -0.4 is 5.11 Å². The summed E-state index contributed by atoms with van der Waals surface area (Å²) in [5, 5.41) is 11.8. The average molecular weight is 991 g/mol. The predicted molar refractivity (Wildman–Crippen MR) is 293 cm³/mol. The highest BCUT2D eigenvalue weighted by Crippen LogP contribution is 2.18. The maximum absolute atomic E-state index is 12.8. The molecule has 0 aromatic carbocycles. The molecule has 0 fully saturated rings. The molecule has 412 valence electrons. The molecule has 0 aromatic rings. The van der Waals surface area contributed by atoms with Crippen molar-refractivity contribution in [2.24, 2.45) is 0 Å². The lowest BCUT2D eigenvalue weighted by atomic mass is 10.0. The zero-order valence-corrected chi connectivity index (χ0v) is 46.9. The first-order valence-corrected chi connectivity index (χ1v) is 30.0. The molecule has 0 aliphatic carbocycles. The number of esters is 2. The summed E-state index contributed by atoms with van der Waals surface area (Å²) in [4.78, 5) is 37.2. The highest BCUT2D eigenvalue weighted by Gasteiger charge is 2.22. The van der Waals surface area contributed by atoms with Crippen LogP contribution >= 0.6 is 0 Å². The number of ether oxygens (including phenoxy) is 4. The highest BCUT2D eigenvalue weighted by atomic mass is 16.7. The number of hydrogen-bond acceptors (Lipinski definition) is 8. The van der Waals surface area contributed by atoms with Crippen molar-refractivity contribution in [3.8, 4) is 0 Å². The van der Waals surface area contributed by atoms with E-state index in [2.05, 4.69) is 38.2 Å². The molecule has 0 N–H and O–H groups in total. The van der Waals surface area contributed by atoms with Gasteiger partial charge in [0, 0.05) is 12.8 Å². The molecular formula is C61H115NO8. The Morgan fingerprint density at radius 2 is 0.771 bits per heavy atom. The number of allylic oxidation sites excluding steroid dienone is 4. The largest absolute Gasteiger partial charge is 0.545 e. The maximum atomic E-state index is 12.8. The minimum absolute atomic E-state index is 0.147. The Morgan fingerprint density at radius 1 is 0.429 bits per heavy atom.